The number of benzene rings is 2. The van der Waals surface area contributed by atoms with E-state index in [1.54, 1.807) is 43.3 Å². The van der Waals surface area contributed by atoms with Crippen LogP contribution in [0.4, 0.5) is 13.2 Å². The third kappa shape index (κ3) is 4.39. The van der Waals surface area contributed by atoms with Gasteiger partial charge in [-0.2, -0.15) is 13.2 Å². The second kappa shape index (κ2) is 8.34. The Bertz CT molecular complexity index is 1040. The van der Waals surface area contributed by atoms with Crippen LogP contribution in [0.3, 0.4) is 0 Å². The number of carbonyl (C=O) groups excluding carboxylic acids is 1. The Morgan fingerprint density at radius 3 is 2.24 bits per heavy atom. The fraction of sp³-hybridized carbons (Fsp3) is 0.182. The third-order valence-corrected chi connectivity index (χ3v) is 4.40. The Labute approximate surface area is 165 Å². The lowest BCUT2D eigenvalue weighted by Gasteiger charge is -2.19. The van der Waals surface area contributed by atoms with E-state index in [2.05, 4.69) is 0 Å². The van der Waals surface area contributed by atoms with Gasteiger partial charge in [0.25, 0.3) is 5.56 Å². The normalized spacial score (nSPS) is 12.4. The summed E-state index contributed by atoms with van der Waals surface area (Å²) in [7, 11) is 0. The molecule has 0 saturated carbocycles. The molecule has 0 aliphatic rings. The number of halogens is 3. The van der Waals surface area contributed by atoms with Gasteiger partial charge in [0.1, 0.15) is 0 Å². The molecule has 0 bridgehead atoms. The van der Waals surface area contributed by atoms with E-state index in [0.717, 1.165) is 12.1 Å². The Balaban J connectivity index is 2.09. The summed E-state index contributed by atoms with van der Waals surface area (Å²) in [6.07, 6.45) is -3.00. The van der Waals surface area contributed by atoms with Gasteiger partial charge in [-0.25, -0.2) is 4.79 Å². The van der Waals surface area contributed by atoms with Crippen molar-refractivity contribution in [2.75, 3.05) is 6.61 Å². The van der Waals surface area contributed by atoms with Crippen LogP contribution in [0.15, 0.2) is 77.7 Å². The zero-order valence-electron chi connectivity index (χ0n) is 15.5. The number of aromatic nitrogens is 1. The molecule has 0 fully saturated rings. The number of hydrogen-bond acceptors (Lipinski definition) is 3. The predicted octanol–water partition coefficient (Wildman–Crippen LogP) is 4.69. The summed E-state index contributed by atoms with van der Waals surface area (Å²) in [5, 5.41) is 0. The first-order valence-corrected chi connectivity index (χ1v) is 8.93. The van der Waals surface area contributed by atoms with Gasteiger partial charge in [-0.05, 0) is 42.3 Å². The van der Waals surface area contributed by atoms with E-state index in [0.29, 0.717) is 11.1 Å². The highest BCUT2D eigenvalue weighted by Gasteiger charge is 2.30. The molecule has 0 aliphatic carbocycles. The van der Waals surface area contributed by atoms with E-state index in [9.17, 15) is 22.8 Å². The zero-order valence-corrected chi connectivity index (χ0v) is 15.5. The van der Waals surface area contributed by atoms with Crippen LogP contribution in [0.5, 0.6) is 0 Å². The predicted molar refractivity (Wildman–Crippen MR) is 102 cm³/mol. The zero-order chi connectivity index (χ0) is 21.0. The van der Waals surface area contributed by atoms with Gasteiger partial charge in [-0.3, -0.25) is 9.36 Å². The van der Waals surface area contributed by atoms with Crippen molar-refractivity contribution < 1.29 is 22.7 Å². The maximum atomic E-state index is 13.1. The van der Waals surface area contributed by atoms with Crippen molar-refractivity contribution in [3.8, 4) is 11.1 Å². The first kappa shape index (κ1) is 20.4. The molecule has 0 amide bonds. The van der Waals surface area contributed by atoms with Crippen molar-refractivity contribution in [3.63, 3.8) is 0 Å². The van der Waals surface area contributed by atoms with E-state index < -0.39 is 29.3 Å². The molecule has 0 N–H and O–H groups in total. The highest BCUT2D eigenvalue weighted by atomic mass is 19.4. The summed E-state index contributed by atoms with van der Waals surface area (Å²) in [5.74, 6) is -0.592. The molecule has 29 heavy (non-hydrogen) atoms. The summed E-state index contributed by atoms with van der Waals surface area (Å²) in [4.78, 5) is 25.7. The SMILES string of the molecule is CCOC(=O)C(c1ccccc1)n1cccc(-c2ccc(C(F)(F)F)cc2)c1=O. The minimum Gasteiger partial charge on any atom is -0.464 e. The number of alkyl halides is 3. The van der Waals surface area contributed by atoms with Crippen molar-refractivity contribution in [1.29, 1.82) is 0 Å². The Hall–Kier alpha value is -3.35. The lowest BCUT2D eigenvalue weighted by atomic mass is 10.0. The van der Waals surface area contributed by atoms with Gasteiger partial charge >= 0.3 is 12.1 Å². The monoisotopic (exact) mass is 401 g/mol. The fourth-order valence-corrected chi connectivity index (χ4v) is 3.04. The highest BCUT2D eigenvalue weighted by molar-refractivity contribution is 5.78. The molecule has 4 nitrogen and oxygen atoms in total. The van der Waals surface area contributed by atoms with E-state index >= 15 is 0 Å². The molecule has 1 atom stereocenters. The number of esters is 1. The molecule has 0 aliphatic heterocycles. The molecule has 1 unspecified atom stereocenters. The van der Waals surface area contributed by atoms with Gasteiger partial charge in [0.15, 0.2) is 6.04 Å². The summed E-state index contributed by atoms with van der Waals surface area (Å²) in [6.45, 7) is 1.82. The maximum Gasteiger partial charge on any atom is 0.416 e. The molecular formula is C22H18F3NO3. The fourth-order valence-electron chi connectivity index (χ4n) is 3.04. The third-order valence-electron chi connectivity index (χ3n) is 4.40. The van der Waals surface area contributed by atoms with Gasteiger partial charge in [-0.1, -0.05) is 42.5 Å². The lowest BCUT2D eigenvalue weighted by molar-refractivity contribution is -0.145. The summed E-state index contributed by atoms with van der Waals surface area (Å²) in [5.41, 5.74) is -0.225. The minimum absolute atomic E-state index is 0.148. The molecule has 0 spiro atoms. The molecule has 2 aromatic carbocycles. The Kier molecular flexibility index (Phi) is 5.87. The van der Waals surface area contributed by atoms with E-state index in [1.807, 2.05) is 0 Å². The van der Waals surface area contributed by atoms with Gasteiger partial charge in [0.05, 0.1) is 12.2 Å². The van der Waals surface area contributed by atoms with Crippen molar-refractivity contribution in [2.24, 2.45) is 0 Å². The second-order valence-corrected chi connectivity index (χ2v) is 6.27. The van der Waals surface area contributed by atoms with Crippen LogP contribution in [0.2, 0.25) is 0 Å². The Morgan fingerprint density at radius 1 is 1.00 bits per heavy atom. The summed E-state index contributed by atoms with van der Waals surface area (Å²) >= 11 is 0. The molecule has 7 heteroatoms. The van der Waals surface area contributed by atoms with Crippen LogP contribution < -0.4 is 5.56 Å². The van der Waals surface area contributed by atoms with Crippen molar-refractivity contribution in [2.45, 2.75) is 19.1 Å². The van der Waals surface area contributed by atoms with Crippen LogP contribution in [-0.4, -0.2) is 17.1 Å². The molecule has 0 radical (unpaired) electrons. The average molecular weight is 401 g/mol. The van der Waals surface area contributed by atoms with Gasteiger partial charge in [-0.15, -0.1) is 0 Å². The summed E-state index contributed by atoms with van der Waals surface area (Å²) < 4.78 is 44.8. The second-order valence-electron chi connectivity index (χ2n) is 6.27. The summed E-state index contributed by atoms with van der Waals surface area (Å²) in [6, 6.07) is 15.1. The largest absolute Gasteiger partial charge is 0.464 e. The maximum absolute atomic E-state index is 13.1. The van der Waals surface area contributed by atoms with Crippen molar-refractivity contribution in [3.05, 3.63) is 94.4 Å². The van der Waals surface area contributed by atoms with Crippen molar-refractivity contribution in [1.82, 2.24) is 4.57 Å². The minimum atomic E-state index is -4.46. The average Bonchev–Trinajstić information content (AvgIpc) is 2.70. The number of nitrogens with zero attached hydrogens (tertiary/aromatic N) is 1. The van der Waals surface area contributed by atoms with Crippen LogP contribution in [0.1, 0.15) is 24.1 Å². The first-order chi connectivity index (χ1) is 13.8. The number of ether oxygens (including phenoxy) is 1. The van der Waals surface area contributed by atoms with Crippen LogP contribution in [0, 0.1) is 0 Å². The van der Waals surface area contributed by atoms with Crippen LogP contribution >= 0.6 is 0 Å². The number of hydrogen-bond donors (Lipinski definition) is 0. The molecule has 3 aromatic rings. The standard InChI is InChI=1S/C22H18F3NO3/c1-2-29-21(28)19(16-7-4-3-5-8-16)26-14-6-9-18(20(26)27)15-10-12-17(13-11-15)22(23,24)25/h3-14,19H,2H2,1H3. The molecule has 150 valence electrons. The van der Waals surface area contributed by atoms with Crippen LogP contribution in [0.25, 0.3) is 11.1 Å². The van der Waals surface area contributed by atoms with Gasteiger partial charge < -0.3 is 4.74 Å². The molecule has 0 saturated heterocycles. The van der Waals surface area contributed by atoms with E-state index in [-0.39, 0.29) is 12.2 Å². The number of carbonyl (C=O) groups is 1. The van der Waals surface area contributed by atoms with Crippen molar-refractivity contribution >= 4 is 5.97 Å². The van der Waals surface area contributed by atoms with Crippen LogP contribution in [-0.2, 0) is 15.7 Å². The molecule has 1 heterocycles. The molecule has 3 rings (SSSR count). The quantitative estimate of drug-likeness (QED) is 0.583. The smallest absolute Gasteiger partial charge is 0.416 e. The topological polar surface area (TPSA) is 48.3 Å². The van der Waals surface area contributed by atoms with E-state index in [1.165, 1.54) is 29.0 Å². The van der Waals surface area contributed by atoms with Gasteiger partial charge in [0.2, 0.25) is 0 Å². The number of rotatable bonds is 5. The highest BCUT2D eigenvalue weighted by Crippen LogP contribution is 2.30. The Morgan fingerprint density at radius 2 is 1.66 bits per heavy atom. The lowest BCUT2D eigenvalue weighted by Crippen LogP contribution is -2.32. The first-order valence-electron chi connectivity index (χ1n) is 8.93. The molecular weight excluding hydrogens is 383 g/mol. The molecule has 1 aromatic heterocycles. The van der Waals surface area contributed by atoms with E-state index in [4.69, 9.17) is 4.74 Å². The van der Waals surface area contributed by atoms with Gasteiger partial charge in [0, 0.05) is 11.8 Å². The number of pyridine rings is 1.